The Balaban J connectivity index is 1.96. The van der Waals surface area contributed by atoms with Gasteiger partial charge in [0, 0.05) is 0 Å². The van der Waals surface area contributed by atoms with E-state index < -0.39 is 25.2 Å². The van der Waals surface area contributed by atoms with Crippen LogP contribution in [0.5, 0.6) is 0 Å². The molecule has 2 rings (SSSR count). The molecule has 1 fully saturated rings. The summed E-state index contributed by atoms with van der Waals surface area (Å²) in [5.74, 6) is 0.289. The summed E-state index contributed by atoms with van der Waals surface area (Å²) in [5.41, 5.74) is 1.19. The first-order valence-corrected chi connectivity index (χ1v) is 6.29. The number of hydrogen-bond acceptors (Lipinski definition) is 2. The van der Waals surface area contributed by atoms with Crippen molar-refractivity contribution in [1.29, 1.82) is 0 Å². The molecule has 0 heterocycles. The van der Waals surface area contributed by atoms with E-state index in [1.165, 1.54) is 5.56 Å². The van der Waals surface area contributed by atoms with Crippen LogP contribution in [0.2, 0.25) is 0 Å². The van der Waals surface area contributed by atoms with E-state index in [0.29, 0.717) is 12.8 Å². The van der Waals surface area contributed by atoms with Gasteiger partial charge in [0.1, 0.15) is 6.61 Å². The monoisotopic (exact) mass is 256 g/mol. The minimum absolute atomic E-state index is 0.289. The van der Waals surface area contributed by atoms with Crippen LogP contribution in [-0.2, 0) is 4.74 Å². The van der Waals surface area contributed by atoms with E-state index >= 15 is 0 Å². The smallest absolute Gasteiger partial charge is 0.261 e. The predicted molar refractivity (Wildman–Crippen MR) is 64.8 cm³/mol. The lowest BCUT2D eigenvalue weighted by Gasteiger charge is -2.33. The van der Waals surface area contributed by atoms with Crippen LogP contribution in [0.25, 0.3) is 0 Å². The van der Waals surface area contributed by atoms with Crippen molar-refractivity contribution in [2.75, 3.05) is 6.61 Å². The van der Waals surface area contributed by atoms with Gasteiger partial charge in [0.15, 0.2) is 0 Å². The fourth-order valence-corrected chi connectivity index (χ4v) is 2.52. The average Bonchev–Trinajstić information content (AvgIpc) is 2.38. The highest BCUT2D eigenvalue weighted by Crippen LogP contribution is 2.34. The van der Waals surface area contributed by atoms with Crippen LogP contribution in [0.3, 0.4) is 0 Å². The molecule has 0 amide bonds. The average molecular weight is 256 g/mol. The van der Waals surface area contributed by atoms with Crippen LogP contribution >= 0.6 is 0 Å². The second-order valence-electron chi connectivity index (χ2n) is 4.75. The second-order valence-corrected chi connectivity index (χ2v) is 4.75. The lowest BCUT2D eigenvalue weighted by molar-refractivity contribution is -0.0931. The Hall–Kier alpha value is -1.00. The molecule has 4 heteroatoms. The second kappa shape index (κ2) is 6.25. The van der Waals surface area contributed by atoms with Crippen LogP contribution in [0.15, 0.2) is 30.3 Å². The predicted octanol–water partition coefficient (Wildman–Crippen LogP) is 2.97. The molecule has 1 aromatic carbocycles. The van der Waals surface area contributed by atoms with Crippen molar-refractivity contribution in [3.05, 3.63) is 35.9 Å². The number of alkyl halides is 2. The molecule has 0 radical (unpaired) electrons. The third-order valence-electron chi connectivity index (χ3n) is 3.46. The zero-order valence-corrected chi connectivity index (χ0v) is 10.1. The Morgan fingerprint density at radius 2 is 1.94 bits per heavy atom. The van der Waals surface area contributed by atoms with Gasteiger partial charge in [-0.1, -0.05) is 30.3 Å². The normalized spacial score (nSPS) is 28.6. The van der Waals surface area contributed by atoms with Crippen LogP contribution < -0.4 is 0 Å². The van der Waals surface area contributed by atoms with E-state index in [9.17, 15) is 13.9 Å². The fourth-order valence-electron chi connectivity index (χ4n) is 2.52. The standard InChI is InChI=1S/C14H18F2O2/c15-14(16)9-18-13-8-11(6-7-12(13)17)10-4-2-1-3-5-10/h1-5,11-14,17H,6-9H2. The number of hydrogen-bond donors (Lipinski definition) is 1. The van der Waals surface area contributed by atoms with Gasteiger partial charge < -0.3 is 9.84 Å². The number of benzene rings is 1. The summed E-state index contributed by atoms with van der Waals surface area (Å²) in [6, 6.07) is 9.95. The molecule has 3 atom stereocenters. The third kappa shape index (κ3) is 3.50. The zero-order chi connectivity index (χ0) is 13.0. The fraction of sp³-hybridized carbons (Fsp3) is 0.571. The van der Waals surface area contributed by atoms with E-state index in [4.69, 9.17) is 4.74 Å². The first kappa shape index (κ1) is 13.4. The highest BCUT2D eigenvalue weighted by atomic mass is 19.3. The molecule has 1 aliphatic carbocycles. The highest BCUT2D eigenvalue weighted by Gasteiger charge is 2.31. The summed E-state index contributed by atoms with van der Waals surface area (Å²) < 4.78 is 29.4. The molecule has 1 saturated carbocycles. The highest BCUT2D eigenvalue weighted by molar-refractivity contribution is 5.20. The minimum atomic E-state index is -2.48. The van der Waals surface area contributed by atoms with E-state index in [0.717, 1.165) is 6.42 Å². The summed E-state index contributed by atoms with van der Waals surface area (Å²) in [4.78, 5) is 0. The Labute approximate surface area is 106 Å². The van der Waals surface area contributed by atoms with Gasteiger partial charge in [-0.3, -0.25) is 0 Å². The van der Waals surface area contributed by atoms with Crippen LogP contribution in [-0.4, -0.2) is 30.3 Å². The van der Waals surface area contributed by atoms with Gasteiger partial charge in [-0.15, -0.1) is 0 Å². The number of rotatable bonds is 4. The van der Waals surface area contributed by atoms with Crippen molar-refractivity contribution in [3.63, 3.8) is 0 Å². The van der Waals surface area contributed by atoms with Gasteiger partial charge >= 0.3 is 0 Å². The molecule has 1 N–H and O–H groups in total. The van der Waals surface area contributed by atoms with Gasteiger partial charge in [0.2, 0.25) is 0 Å². The van der Waals surface area contributed by atoms with Gasteiger partial charge in [-0.05, 0) is 30.7 Å². The zero-order valence-electron chi connectivity index (χ0n) is 10.1. The largest absolute Gasteiger partial charge is 0.390 e. The molecule has 3 unspecified atom stereocenters. The summed E-state index contributed by atoms with van der Waals surface area (Å²) in [5, 5.41) is 9.78. The van der Waals surface area contributed by atoms with E-state index in [2.05, 4.69) is 0 Å². The number of aliphatic hydroxyl groups excluding tert-OH is 1. The molecule has 1 aromatic rings. The molecule has 1 aliphatic rings. The molecular weight excluding hydrogens is 238 g/mol. The van der Waals surface area contributed by atoms with Crippen molar-refractivity contribution in [1.82, 2.24) is 0 Å². The Morgan fingerprint density at radius 1 is 1.22 bits per heavy atom. The molecule has 0 bridgehead atoms. The topological polar surface area (TPSA) is 29.5 Å². The maximum atomic E-state index is 12.1. The molecule has 2 nitrogen and oxygen atoms in total. The molecular formula is C14H18F2O2. The summed E-state index contributed by atoms with van der Waals surface area (Å²) in [6.45, 7) is -0.594. The van der Waals surface area contributed by atoms with E-state index in [-0.39, 0.29) is 5.92 Å². The quantitative estimate of drug-likeness (QED) is 0.897. The maximum absolute atomic E-state index is 12.1. The minimum Gasteiger partial charge on any atom is -0.390 e. The number of ether oxygens (including phenoxy) is 1. The van der Waals surface area contributed by atoms with Crippen molar-refractivity contribution in [3.8, 4) is 0 Å². The maximum Gasteiger partial charge on any atom is 0.261 e. The summed E-state index contributed by atoms with van der Waals surface area (Å²) in [6.07, 6.45) is -1.48. The molecule has 0 saturated heterocycles. The van der Waals surface area contributed by atoms with Crippen molar-refractivity contribution >= 4 is 0 Å². The van der Waals surface area contributed by atoms with Crippen molar-refractivity contribution in [2.45, 2.75) is 43.8 Å². The van der Waals surface area contributed by atoms with Gasteiger partial charge in [0.25, 0.3) is 6.43 Å². The van der Waals surface area contributed by atoms with Crippen molar-refractivity contribution < 1.29 is 18.6 Å². The molecule has 100 valence electrons. The molecule has 0 aliphatic heterocycles. The van der Waals surface area contributed by atoms with E-state index in [1.54, 1.807) is 0 Å². The van der Waals surface area contributed by atoms with Crippen LogP contribution in [0, 0.1) is 0 Å². The molecule has 0 aromatic heterocycles. The lowest BCUT2D eigenvalue weighted by Crippen LogP contribution is -2.36. The van der Waals surface area contributed by atoms with E-state index in [1.807, 2.05) is 30.3 Å². The van der Waals surface area contributed by atoms with Gasteiger partial charge in [-0.2, -0.15) is 0 Å². The Morgan fingerprint density at radius 3 is 2.61 bits per heavy atom. The Kier molecular flexibility index (Phi) is 4.66. The molecule has 0 spiro atoms. The number of aliphatic hydroxyl groups is 1. The number of halogens is 2. The molecule has 18 heavy (non-hydrogen) atoms. The Bertz CT molecular complexity index is 356. The SMILES string of the molecule is OC1CCC(c2ccccc2)CC1OCC(F)F. The van der Waals surface area contributed by atoms with Crippen molar-refractivity contribution in [2.24, 2.45) is 0 Å². The van der Waals surface area contributed by atoms with Gasteiger partial charge in [0.05, 0.1) is 12.2 Å². The van der Waals surface area contributed by atoms with Crippen LogP contribution in [0.4, 0.5) is 8.78 Å². The van der Waals surface area contributed by atoms with Gasteiger partial charge in [-0.25, -0.2) is 8.78 Å². The lowest BCUT2D eigenvalue weighted by atomic mass is 9.81. The van der Waals surface area contributed by atoms with Crippen LogP contribution in [0.1, 0.15) is 30.7 Å². The first-order valence-electron chi connectivity index (χ1n) is 6.29. The third-order valence-corrected chi connectivity index (χ3v) is 3.46. The first-order chi connectivity index (χ1) is 8.66. The summed E-state index contributed by atoms with van der Waals surface area (Å²) in [7, 11) is 0. The summed E-state index contributed by atoms with van der Waals surface area (Å²) >= 11 is 0.